The van der Waals surface area contributed by atoms with E-state index in [1.165, 1.54) is 0 Å². The van der Waals surface area contributed by atoms with Gasteiger partial charge in [-0.2, -0.15) is 9.59 Å². The number of rotatable bonds is 5. The monoisotopic (exact) mass is 346 g/mol. The van der Waals surface area contributed by atoms with Crippen LogP contribution < -0.4 is 16.4 Å². The van der Waals surface area contributed by atoms with Crippen LogP contribution >= 0.6 is 0 Å². The van der Waals surface area contributed by atoms with Gasteiger partial charge in [-0.25, -0.2) is 4.79 Å². The van der Waals surface area contributed by atoms with E-state index in [0.29, 0.717) is 25.8 Å². The van der Waals surface area contributed by atoms with Gasteiger partial charge in [-0.15, -0.1) is 0 Å². The highest BCUT2D eigenvalue weighted by Crippen LogP contribution is 2.08. The average Bonchev–Trinajstić information content (AvgIpc) is 2.34. The Hall–Kier alpha value is -1.51. The molecule has 0 bridgehead atoms. The lowest BCUT2D eigenvalue weighted by Crippen LogP contribution is -3.21. The number of carbonyl (C=O) groups excluding carboxylic acids is 3. The number of amides is 3. The zero-order valence-corrected chi connectivity index (χ0v) is 15.6. The van der Waals surface area contributed by atoms with E-state index in [1.807, 2.05) is 0 Å². The summed E-state index contributed by atoms with van der Waals surface area (Å²) < 4.78 is 10.3. The number of unbranched alkanes of at least 4 members (excludes halogenated alkanes) is 1. The van der Waals surface area contributed by atoms with E-state index in [4.69, 9.17) is 20.9 Å². The molecule has 0 heterocycles. The van der Waals surface area contributed by atoms with E-state index in [9.17, 15) is 14.4 Å². The molecule has 0 unspecified atom stereocenters. The van der Waals surface area contributed by atoms with Gasteiger partial charge in [-0.3, -0.25) is 0 Å². The maximum absolute atomic E-state index is 12.5. The van der Waals surface area contributed by atoms with Crippen molar-refractivity contribution in [3.63, 3.8) is 0 Å². The second kappa shape index (κ2) is 9.10. The van der Waals surface area contributed by atoms with Crippen LogP contribution in [0.1, 0.15) is 60.8 Å². The molecule has 0 aromatic carbocycles. The summed E-state index contributed by atoms with van der Waals surface area (Å²) in [7, 11) is 0. The lowest BCUT2D eigenvalue weighted by molar-refractivity contribution is -0.667. The third-order valence-electron chi connectivity index (χ3n) is 2.76. The molecule has 8 heteroatoms. The van der Waals surface area contributed by atoms with Gasteiger partial charge in [0.2, 0.25) is 0 Å². The first kappa shape index (κ1) is 22.5. The number of nitrogens with one attached hydrogen (secondary N) is 1. The lowest BCUT2D eigenvalue weighted by Gasteiger charge is -2.24. The highest BCUT2D eigenvalue weighted by molar-refractivity contribution is 5.90. The molecule has 1 atom stereocenters. The molecular weight excluding hydrogens is 314 g/mol. The molecule has 0 saturated carbocycles. The Morgan fingerprint density at radius 3 is 1.67 bits per heavy atom. The van der Waals surface area contributed by atoms with Crippen LogP contribution in [0.2, 0.25) is 0 Å². The molecule has 0 aliphatic heterocycles. The lowest BCUT2D eigenvalue weighted by atomic mass is 10.1. The minimum absolute atomic E-state index is 0.325. The van der Waals surface area contributed by atoms with Crippen LogP contribution in [0.3, 0.4) is 0 Å². The predicted molar refractivity (Wildman–Crippen MR) is 89.3 cm³/mol. The molecule has 8 nitrogen and oxygen atoms in total. The number of quaternary nitrogens is 1. The van der Waals surface area contributed by atoms with E-state index in [-0.39, 0.29) is 0 Å². The second-order valence-electron chi connectivity index (χ2n) is 7.63. The van der Waals surface area contributed by atoms with Crippen molar-refractivity contribution in [3.05, 3.63) is 0 Å². The molecule has 3 amide bonds. The smallest absolute Gasteiger partial charge is 0.414 e. The number of ether oxygens (including phenoxy) is 2. The fraction of sp³-hybridized carbons (Fsp3) is 0.812. The Morgan fingerprint density at radius 1 is 0.917 bits per heavy atom. The van der Waals surface area contributed by atoms with Gasteiger partial charge in [-0.1, -0.05) is 4.90 Å². The Kier molecular flexibility index (Phi) is 8.53. The van der Waals surface area contributed by atoms with Crippen LogP contribution in [0.15, 0.2) is 0 Å². The Morgan fingerprint density at radius 2 is 1.33 bits per heavy atom. The minimum atomic E-state index is -1.02. The van der Waals surface area contributed by atoms with Crippen LogP contribution in [0.5, 0.6) is 0 Å². The normalized spacial score (nSPS) is 13.5. The second-order valence-corrected chi connectivity index (χ2v) is 7.63. The number of hydrogen-bond donors (Lipinski definition) is 3. The van der Waals surface area contributed by atoms with Gasteiger partial charge >= 0.3 is 18.1 Å². The third-order valence-corrected chi connectivity index (χ3v) is 2.76. The zero-order valence-electron chi connectivity index (χ0n) is 15.6. The number of nitrogens with two attached hydrogens (primary N) is 2. The number of alkyl carbamates (subject to hydrolysis) is 4. The summed E-state index contributed by atoms with van der Waals surface area (Å²) in [4.78, 5) is 36.4. The summed E-state index contributed by atoms with van der Waals surface area (Å²) in [5, 5.41) is 0. The number of carbonyl (C=O) groups is 3. The molecule has 0 fully saturated rings. The van der Waals surface area contributed by atoms with Crippen molar-refractivity contribution in [1.29, 1.82) is 0 Å². The van der Waals surface area contributed by atoms with Crippen molar-refractivity contribution in [3.8, 4) is 0 Å². The SMILES string of the molecule is CC(C)(C)OC(=O)[NH+](C(=O)OC(C)(C)C)C(=O)[C@@H](N)CCCCN. The fourth-order valence-corrected chi connectivity index (χ4v) is 1.77. The topological polar surface area (TPSA) is 126 Å². The van der Waals surface area contributed by atoms with Crippen molar-refractivity contribution in [2.75, 3.05) is 6.54 Å². The van der Waals surface area contributed by atoms with Crippen molar-refractivity contribution >= 4 is 18.1 Å². The molecule has 0 aromatic rings. The Balaban J connectivity index is 5.27. The van der Waals surface area contributed by atoms with Gasteiger partial charge in [0, 0.05) is 0 Å². The van der Waals surface area contributed by atoms with Crippen molar-refractivity contribution in [2.24, 2.45) is 11.5 Å². The maximum atomic E-state index is 12.5. The molecule has 5 N–H and O–H groups in total. The molecular formula is C16H32N3O5+. The van der Waals surface area contributed by atoms with Crippen molar-refractivity contribution in [2.45, 2.75) is 78.0 Å². The Labute approximate surface area is 143 Å². The van der Waals surface area contributed by atoms with Gasteiger partial charge in [0.1, 0.15) is 17.2 Å². The summed E-state index contributed by atoms with van der Waals surface area (Å²) in [5.74, 6) is -0.768. The summed E-state index contributed by atoms with van der Waals surface area (Å²) in [6, 6.07) is -0.980. The van der Waals surface area contributed by atoms with Gasteiger partial charge in [0.05, 0.1) is 0 Å². The standard InChI is InChI=1S/C16H31N3O5/c1-15(2,3)23-13(21)19(14(22)24-16(4,5)6)12(20)11(18)9-7-8-10-17/h11H,7-10,17-18H2,1-6H3/p+1/t11-/m0/s1. The molecule has 0 rings (SSSR count). The van der Waals surface area contributed by atoms with Crippen molar-refractivity contribution in [1.82, 2.24) is 0 Å². The van der Waals surface area contributed by atoms with E-state index >= 15 is 0 Å². The van der Waals surface area contributed by atoms with Gasteiger partial charge < -0.3 is 20.9 Å². The largest absolute Gasteiger partial charge is 0.533 e. The van der Waals surface area contributed by atoms with E-state index in [1.54, 1.807) is 41.5 Å². The van der Waals surface area contributed by atoms with E-state index in [2.05, 4.69) is 0 Å². The van der Waals surface area contributed by atoms with E-state index < -0.39 is 40.2 Å². The first-order chi connectivity index (χ1) is 10.8. The molecule has 24 heavy (non-hydrogen) atoms. The van der Waals surface area contributed by atoms with Crippen LogP contribution in [0, 0.1) is 0 Å². The number of imide groups is 3. The summed E-state index contributed by atoms with van der Waals surface area (Å²) in [5.41, 5.74) is 9.54. The van der Waals surface area contributed by atoms with Crippen LogP contribution in [-0.4, -0.2) is 41.9 Å². The highest BCUT2D eigenvalue weighted by atomic mass is 16.6. The van der Waals surface area contributed by atoms with Crippen LogP contribution in [0.4, 0.5) is 9.59 Å². The fourth-order valence-electron chi connectivity index (χ4n) is 1.77. The summed E-state index contributed by atoms with van der Waals surface area (Å²) in [6.45, 7) is 10.3. The van der Waals surface area contributed by atoms with Gasteiger partial charge in [0.25, 0.3) is 0 Å². The third kappa shape index (κ3) is 8.95. The van der Waals surface area contributed by atoms with Gasteiger partial charge in [-0.05, 0) is 67.3 Å². The molecule has 0 aliphatic carbocycles. The molecule has 0 radical (unpaired) electrons. The molecule has 140 valence electrons. The average molecular weight is 346 g/mol. The molecule has 0 spiro atoms. The quantitative estimate of drug-likeness (QED) is 0.626. The maximum Gasteiger partial charge on any atom is 0.533 e. The predicted octanol–water partition coefficient (Wildman–Crippen LogP) is 0.724. The van der Waals surface area contributed by atoms with Crippen LogP contribution in [0.25, 0.3) is 0 Å². The summed E-state index contributed by atoms with van der Waals surface area (Å²) in [6.07, 6.45) is -0.383. The molecule has 0 saturated heterocycles. The van der Waals surface area contributed by atoms with Crippen molar-refractivity contribution < 1.29 is 28.8 Å². The zero-order chi connectivity index (χ0) is 19.1. The summed E-state index contributed by atoms with van der Waals surface area (Å²) >= 11 is 0. The van der Waals surface area contributed by atoms with Gasteiger partial charge in [0.15, 0.2) is 0 Å². The number of hydrogen-bond acceptors (Lipinski definition) is 7. The minimum Gasteiger partial charge on any atom is -0.414 e. The molecule has 0 aliphatic rings. The molecule has 0 aromatic heterocycles. The first-order valence-corrected chi connectivity index (χ1v) is 8.12. The van der Waals surface area contributed by atoms with E-state index in [0.717, 1.165) is 0 Å². The highest BCUT2D eigenvalue weighted by Gasteiger charge is 2.45. The first-order valence-electron chi connectivity index (χ1n) is 8.12. The Bertz CT molecular complexity index is 424. The van der Waals surface area contributed by atoms with Crippen LogP contribution in [-0.2, 0) is 14.3 Å².